The van der Waals surface area contributed by atoms with E-state index < -0.39 is 36.1 Å². The number of aliphatic hydroxyl groups is 1. The summed E-state index contributed by atoms with van der Waals surface area (Å²) in [6, 6.07) is 9.58. The maximum absolute atomic E-state index is 12.9. The number of para-hydroxylation sites is 2. The molecule has 172 valence electrons. The highest BCUT2D eigenvalue weighted by molar-refractivity contribution is 6.04. The van der Waals surface area contributed by atoms with E-state index in [-0.39, 0.29) is 31.1 Å². The summed E-state index contributed by atoms with van der Waals surface area (Å²) in [7, 11) is 0. The molecular weight excluding hydrogens is 433 g/mol. The van der Waals surface area contributed by atoms with Crippen LogP contribution in [0.25, 0.3) is 0 Å². The Balaban J connectivity index is 1.77. The zero-order chi connectivity index (χ0) is 23.5. The first kappa shape index (κ1) is 23.3. The summed E-state index contributed by atoms with van der Waals surface area (Å²) in [5, 5.41) is 12.9. The fourth-order valence-electron chi connectivity index (χ4n) is 3.18. The van der Waals surface area contributed by atoms with Crippen LogP contribution in [0.15, 0.2) is 42.5 Å². The van der Waals surface area contributed by atoms with Crippen LogP contribution in [-0.4, -0.2) is 48.6 Å². The lowest BCUT2D eigenvalue weighted by Crippen LogP contribution is -2.55. The van der Waals surface area contributed by atoms with Crippen LogP contribution in [0.1, 0.15) is 5.56 Å². The van der Waals surface area contributed by atoms with Gasteiger partial charge in [-0.2, -0.15) is 0 Å². The van der Waals surface area contributed by atoms with Crippen molar-refractivity contribution in [3.63, 3.8) is 0 Å². The topological polar surface area (TPSA) is 140 Å². The van der Waals surface area contributed by atoms with E-state index in [1.165, 1.54) is 36.4 Å². The second-order valence-corrected chi connectivity index (χ2v) is 6.85. The zero-order valence-corrected chi connectivity index (χ0v) is 16.6. The summed E-state index contributed by atoms with van der Waals surface area (Å²) in [5.41, 5.74) is 12.4. The molecule has 0 aliphatic carbocycles. The highest BCUT2D eigenvalue weighted by atomic mass is 19.4. The molecule has 2 aromatic rings. The number of ether oxygens (including phenoxy) is 2. The van der Waals surface area contributed by atoms with Crippen LogP contribution < -0.4 is 26.4 Å². The van der Waals surface area contributed by atoms with Gasteiger partial charge in [0, 0.05) is 24.5 Å². The van der Waals surface area contributed by atoms with Gasteiger partial charge in [0.15, 0.2) is 18.0 Å². The Labute approximate surface area is 180 Å². The Hall–Kier alpha value is -3.35. The minimum atomic E-state index is -4.97. The Morgan fingerprint density at radius 2 is 2.03 bits per heavy atom. The molecule has 1 aliphatic heterocycles. The summed E-state index contributed by atoms with van der Waals surface area (Å²) < 4.78 is 47.4. The number of aliphatic hydroxyl groups excluding tert-OH is 1. The molecule has 0 spiro atoms. The first-order valence-electron chi connectivity index (χ1n) is 9.46. The molecule has 1 saturated heterocycles. The standard InChI is InChI=1S/C20H21F3N4O5/c21-20(22,23)32-15-4-2-1-3-14(15)27-7-8-31-17(19(27)30)16(28)18(29)26-12-5-6-13(25)11(9-12)10-24/h1-6,9,16-17,28H,7-8,10,24-25H2,(H,26,29). The maximum atomic E-state index is 12.9. The number of carbonyl (C=O) groups is 2. The zero-order valence-electron chi connectivity index (χ0n) is 16.6. The predicted molar refractivity (Wildman–Crippen MR) is 109 cm³/mol. The predicted octanol–water partition coefficient (Wildman–Crippen LogP) is 1.36. The third-order valence-corrected chi connectivity index (χ3v) is 4.69. The Morgan fingerprint density at radius 3 is 2.72 bits per heavy atom. The van der Waals surface area contributed by atoms with Gasteiger partial charge in [0.05, 0.1) is 12.3 Å². The number of nitrogens with two attached hydrogens (primary N) is 2. The monoisotopic (exact) mass is 454 g/mol. The third-order valence-electron chi connectivity index (χ3n) is 4.69. The lowest BCUT2D eigenvalue weighted by atomic mass is 10.1. The van der Waals surface area contributed by atoms with Gasteiger partial charge in [-0.25, -0.2) is 0 Å². The Bertz CT molecular complexity index is 1000. The molecule has 1 fully saturated rings. The van der Waals surface area contributed by atoms with Crippen LogP contribution in [0.5, 0.6) is 5.75 Å². The smallest absolute Gasteiger partial charge is 0.404 e. The van der Waals surface area contributed by atoms with E-state index in [2.05, 4.69) is 10.1 Å². The van der Waals surface area contributed by atoms with Crippen molar-refractivity contribution in [3.05, 3.63) is 48.0 Å². The van der Waals surface area contributed by atoms with Gasteiger partial charge in [0.2, 0.25) is 0 Å². The first-order chi connectivity index (χ1) is 15.1. The molecule has 2 amide bonds. The van der Waals surface area contributed by atoms with Gasteiger partial charge in [-0.1, -0.05) is 12.1 Å². The average molecular weight is 454 g/mol. The molecule has 1 aliphatic rings. The normalized spacial score (nSPS) is 17.7. The van der Waals surface area contributed by atoms with E-state index in [0.29, 0.717) is 11.3 Å². The molecule has 0 aromatic heterocycles. The Morgan fingerprint density at radius 1 is 1.31 bits per heavy atom. The van der Waals surface area contributed by atoms with E-state index in [0.717, 1.165) is 11.0 Å². The van der Waals surface area contributed by atoms with E-state index in [1.54, 1.807) is 0 Å². The average Bonchev–Trinajstić information content (AvgIpc) is 2.74. The molecule has 1 heterocycles. The molecule has 2 aromatic carbocycles. The second-order valence-electron chi connectivity index (χ2n) is 6.85. The lowest BCUT2D eigenvalue weighted by Gasteiger charge is -2.34. The number of halogens is 3. The van der Waals surface area contributed by atoms with Gasteiger partial charge in [0.1, 0.15) is 0 Å². The molecule has 0 radical (unpaired) electrons. The van der Waals surface area contributed by atoms with Crippen molar-refractivity contribution in [1.29, 1.82) is 0 Å². The van der Waals surface area contributed by atoms with Crippen molar-refractivity contribution in [1.82, 2.24) is 0 Å². The second kappa shape index (κ2) is 9.42. The molecule has 3 rings (SSSR count). The fraction of sp³-hybridized carbons (Fsp3) is 0.300. The molecule has 12 heteroatoms. The van der Waals surface area contributed by atoms with Crippen LogP contribution >= 0.6 is 0 Å². The van der Waals surface area contributed by atoms with Gasteiger partial charge in [-0.05, 0) is 35.9 Å². The van der Waals surface area contributed by atoms with Gasteiger partial charge in [-0.3, -0.25) is 9.59 Å². The van der Waals surface area contributed by atoms with E-state index in [9.17, 15) is 27.9 Å². The number of anilines is 3. The van der Waals surface area contributed by atoms with Crippen molar-refractivity contribution in [2.24, 2.45) is 5.73 Å². The molecule has 0 saturated carbocycles. The summed E-state index contributed by atoms with van der Waals surface area (Å²) in [6.07, 6.45) is -8.53. The number of carbonyl (C=O) groups excluding carboxylic acids is 2. The summed E-state index contributed by atoms with van der Waals surface area (Å²) >= 11 is 0. The SMILES string of the molecule is NCc1cc(NC(=O)C(O)C2OCCN(c3ccccc3OC(F)(F)F)C2=O)ccc1N. The van der Waals surface area contributed by atoms with Gasteiger partial charge in [0.25, 0.3) is 11.8 Å². The molecule has 2 atom stereocenters. The quantitative estimate of drug-likeness (QED) is 0.483. The first-order valence-corrected chi connectivity index (χ1v) is 9.46. The Kier molecular flexibility index (Phi) is 6.87. The number of benzene rings is 2. The highest BCUT2D eigenvalue weighted by Gasteiger charge is 2.41. The number of amides is 2. The number of rotatable bonds is 6. The van der Waals surface area contributed by atoms with E-state index in [4.69, 9.17) is 16.2 Å². The number of hydrogen-bond acceptors (Lipinski definition) is 7. The van der Waals surface area contributed by atoms with Crippen molar-refractivity contribution < 1.29 is 37.3 Å². The minimum Gasteiger partial charge on any atom is -0.404 e. The number of morpholine rings is 1. The van der Waals surface area contributed by atoms with Crippen LogP contribution in [-0.2, 0) is 20.9 Å². The van der Waals surface area contributed by atoms with Crippen LogP contribution in [0.4, 0.5) is 30.2 Å². The van der Waals surface area contributed by atoms with E-state index in [1.807, 2.05) is 0 Å². The number of nitrogen functional groups attached to an aromatic ring is 1. The largest absolute Gasteiger partial charge is 0.573 e. The van der Waals surface area contributed by atoms with E-state index >= 15 is 0 Å². The van der Waals surface area contributed by atoms with Crippen molar-refractivity contribution >= 4 is 28.9 Å². The number of nitrogens with one attached hydrogen (secondary N) is 1. The molecule has 0 bridgehead atoms. The number of alkyl halides is 3. The maximum Gasteiger partial charge on any atom is 0.573 e. The molecule has 32 heavy (non-hydrogen) atoms. The van der Waals surface area contributed by atoms with Crippen LogP contribution in [0.2, 0.25) is 0 Å². The van der Waals surface area contributed by atoms with Crippen molar-refractivity contribution in [3.8, 4) is 5.75 Å². The molecule has 9 nitrogen and oxygen atoms in total. The minimum absolute atomic E-state index is 0.0975. The van der Waals surface area contributed by atoms with Crippen LogP contribution in [0, 0.1) is 0 Å². The summed E-state index contributed by atoms with van der Waals surface area (Å²) in [4.78, 5) is 26.3. The molecule has 2 unspecified atom stereocenters. The molecular formula is C20H21F3N4O5. The summed E-state index contributed by atoms with van der Waals surface area (Å²) in [5.74, 6) is -2.43. The fourth-order valence-corrected chi connectivity index (χ4v) is 3.18. The van der Waals surface area contributed by atoms with Crippen molar-refractivity contribution in [2.45, 2.75) is 25.1 Å². The van der Waals surface area contributed by atoms with Gasteiger partial charge in [-0.15, -0.1) is 13.2 Å². The lowest BCUT2D eigenvalue weighted by molar-refractivity contribution is -0.274. The van der Waals surface area contributed by atoms with Crippen molar-refractivity contribution in [2.75, 3.05) is 29.1 Å². The summed E-state index contributed by atoms with van der Waals surface area (Å²) in [6.45, 7) is -0.100. The number of hydrogen-bond donors (Lipinski definition) is 4. The van der Waals surface area contributed by atoms with Gasteiger partial charge < -0.3 is 36.3 Å². The number of nitrogens with zero attached hydrogens (tertiary/aromatic N) is 1. The van der Waals surface area contributed by atoms with Gasteiger partial charge >= 0.3 is 6.36 Å². The van der Waals surface area contributed by atoms with Crippen LogP contribution in [0.3, 0.4) is 0 Å². The molecule has 6 N–H and O–H groups in total. The highest BCUT2D eigenvalue weighted by Crippen LogP contribution is 2.34. The third kappa shape index (κ3) is 5.28.